The summed E-state index contributed by atoms with van der Waals surface area (Å²) in [5.74, 6) is -0.247. The average Bonchev–Trinajstić information content (AvgIpc) is 2.93. The molecule has 0 amide bonds. The summed E-state index contributed by atoms with van der Waals surface area (Å²) in [6, 6.07) is 4.94. The van der Waals surface area contributed by atoms with Gasteiger partial charge >= 0.3 is 11.9 Å². The second kappa shape index (κ2) is 6.95. The first kappa shape index (κ1) is 15.8. The number of aromatic amines is 1. The Kier molecular flexibility index (Phi) is 5.00. The van der Waals surface area contributed by atoms with Crippen molar-refractivity contribution >= 4 is 22.8 Å². The summed E-state index contributed by atoms with van der Waals surface area (Å²) in [5.41, 5.74) is 5.65. The van der Waals surface area contributed by atoms with Crippen LogP contribution in [0, 0.1) is 0 Å². The van der Waals surface area contributed by atoms with Gasteiger partial charge in [0.1, 0.15) is 5.75 Å². The number of carbonyl (C=O) groups excluding carboxylic acids is 2. The number of quaternary nitrogens is 1. The van der Waals surface area contributed by atoms with E-state index in [1.165, 1.54) is 14.2 Å². The van der Waals surface area contributed by atoms with E-state index in [9.17, 15) is 9.59 Å². The topological polar surface area (TPSA) is 105 Å². The second-order valence-electron chi connectivity index (χ2n) is 4.81. The first-order valence-electron chi connectivity index (χ1n) is 6.75. The van der Waals surface area contributed by atoms with Crippen molar-refractivity contribution in [3.63, 3.8) is 0 Å². The van der Waals surface area contributed by atoms with Crippen molar-refractivity contribution in [2.24, 2.45) is 0 Å². The Morgan fingerprint density at radius 2 is 2.05 bits per heavy atom. The van der Waals surface area contributed by atoms with Crippen molar-refractivity contribution in [3.8, 4) is 5.75 Å². The van der Waals surface area contributed by atoms with Crippen LogP contribution in [0.5, 0.6) is 5.75 Å². The highest BCUT2D eigenvalue weighted by atomic mass is 16.6. The maximum Gasteiger partial charge on any atom is 0.364 e. The molecule has 2 rings (SSSR count). The molecule has 0 bridgehead atoms. The Bertz CT molecular complexity index is 680. The summed E-state index contributed by atoms with van der Waals surface area (Å²) in [4.78, 5) is 25.7. The highest BCUT2D eigenvalue weighted by Gasteiger charge is 2.20. The van der Waals surface area contributed by atoms with Crippen molar-refractivity contribution in [3.05, 3.63) is 30.0 Å². The van der Waals surface area contributed by atoms with Crippen LogP contribution in [-0.2, 0) is 25.5 Å². The van der Waals surface area contributed by atoms with Gasteiger partial charge in [-0.1, -0.05) is 0 Å². The van der Waals surface area contributed by atoms with Gasteiger partial charge in [0.05, 0.1) is 14.2 Å². The Hall–Kier alpha value is -2.54. The molecule has 1 atom stereocenters. The molecule has 0 fully saturated rings. The number of hydrogen-bond donors (Lipinski definition) is 2. The molecule has 0 aliphatic carbocycles. The number of rotatable bonds is 6. The van der Waals surface area contributed by atoms with E-state index in [-0.39, 0.29) is 12.6 Å². The maximum atomic E-state index is 11.5. The molecule has 7 heteroatoms. The Morgan fingerprint density at radius 1 is 1.27 bits per heavy atom. The number of methoxy groups -OCH3 is 2. The number of nitrogens with one attached hydrogen (secondary N) is 1. The molecule has 0 saturated heterocycles. The van der Waals surface area contributed by atoms with Gasteiger partial charge in [0.15, 0.2) is 12.6 Å². The van der Waals surface area contributed by atoms with Crippen LogP contribution in [0.3, 0.4) is 0 Å². The number of aromatic nitrogens is 1. The van der Waals surface area contributed by atoms with E-state index in [1.54, 1.807) is 6.07 Å². The minimum absolute atomic E-state index is 0.151. The van der Waals surface area contributed by atoms with Gasteiger partial charge in [-0.3, -0.25) is 0 Å². The first-order valence-corrected chi connectivity index (χ1v) is 6.75. The highest BCUT2D eigenvalue weighted by Crippen LogP contribution is 2.24. The normalized spacial score (nSPS) is 12.0. The SMILES string of the molecule is COC(=O)COc1ccc2[nH]cc(C[C@H]([NH3+])C(=O)OC)c2c1. The van der Waals surface area contributed by atoms with E-state index in [1.807, 2.05) is 18.3 Å². The minimum Gasteiger partial charge on any atom is -0.482 e. The largest absolute Gasteiger partial charge is 0.482 e. The van der Waals surface area contributed by atoms with Crippen molar-refractivity contribution < 1.29 is 29.5 Å². The third-order valence-corrected chi connectivity index (χ3v) is 3.32. The third-order valence-electron chi connectivity index (χ3n) is 3.32. The molecule has 0 aliphatic rings. The summed E-state index contributed by atoms with van der Waals surface area (Å²) in [6.45, 7) is -0.151. The summed E-state index contributed by atoms with van der Waals surface area (Å²) in [6.07, 6.45) is 2.28. The predicted octanol–water partition coefficient (Wildman–Crippen LogP) is 0.0457. The molecule has 1 heterocycles. The number of ether oxygens (including phenoxy) is 3. The number of benzene rings is 1. The number of hydrogen-bond acceptors (Lipinski definition) is 5. The van der Waals surface area contributed by atoms with Crippen molar-refractivity contribution in [2.45, 2.75) is 12.5 Å². The smallest absolute Gasteiger partial charge is 0.364 e. The fourth-order valence-corrected chi connectivity index (χ4v) is 2.13. The summed E-state index contributed by atoms with van der Waals surface area (Å²) >= 11 is 0. The molecular weight excluding hydrogens is 288 g/mol. The first-order chi connectivity index (χ1) is 10.5. The molecule has 22 heavy (non-hydrogen) atoms. The highest BCUT2D eigenvalue weighted by molar-refractivity contribution is 5.85. The molecule has 7 nitrogen and oxygen atoms in total. The molecule has 0 radical (unpaired) electrons. The maximum absolute atomic E-state index is 11.5. The van der Waals surface area contributed by atoms with Crippen LogP contribution in [0.2, 0.25) is 0 Å². The zero-order chi connectivity index (χ0) is 16.1. The van der Waals surface area contributed by atoms with Crippen LogP contribution in [0.1, 0.15) is 5.56 Å². The van der Waals surface area contributed by atoms with Crippen molar-refractivity contribution in [1.29, 1.82) is 0 Å². The average molecular weight is 307 g/mol. The molecule has 0 spiro atoms. The minimum atomic E-state index is -0.483. The Balaban J connectivity index is 2.18. The molecule has 1 aromatic carbocycles. The monoisotopic (exact) mass is 307 g/mol. The summed E-state index contributed by atoms with van der Waals surface area (Å²) in [7, 11) is 2.65. The lowest BCUT2D eigenvalue weighted by atomic mass is 10.1. The van der Waals surface area contributed by atoms with E-state index in [2.05, 4.69) is 20.2 Å². The lowest BCUT2D eigenvalue weighted by Gasteiger charge is -2.07. The molecule has 4 N–H and O–H groups in total. The van der Waals surface area contributed by atoms with Gasteiger partial charge in [-0.2, -0.15) is 0 Å². The van der Waals surface area contributed by atoms with Gasteiger partial charge in [0.2, 0.25) is 0 Å². The van der Waals surface area contributed by atoms with Crippen LogP contribution in [0.15, 0.2) is 24.4 Å². The molecule has 2 aromatic rings. The van der Waals surface area contributed by atoms with E-state index < -0.39 is 12.0 Å². The van der Waals surface area contributed by atoms with E-state index in [0.717, 1.165) is 16.5 Å². The molecule has 0 saturated carbocycles. The van der Waals surface area contributed by atoms with Gasteiger partial charge in [0, 0.05) is 23.5 Å². The van der Waals surface area contributed by atoms with Crippen molar-refractivity contribution in [1.82, 2.24) is 4.98 Å². The lowest BCUT2D eigenvalue weighted by Crippen LogP contribution is -2.66. The summed E-state index contributed by atoms with van der Waals surface area (Å²) < 4.78 is 14.6. The third kappa shape index (κ3) is 3.56. The quantitative estimate of drug-likeness (QED) is 0.733. The van der Waals surface area contributed by atoms with E-state index in [0.29, 0.717) is 12.2 Å². The van der Waals surface area contributed by atoms with Crippen molar-refractivity contribution in [2.75, 3.05) is 20.8 Å². The molecule has 118 valence electrons. The number of H-pyrrole nitrogens is 1. The van der Waals surface area contributed by atoms with Gasteiger partial charge in [-0.25, -0.2) is 9.59 Å². The number of esters is 2. The number of fused-ring (bicyclic) bond motifs is 1. The van der Waals surface area contributed by atoms with E-state index in [4.69, 9.17) is 4.74 Å². The number of carbonyl (C=O) groups is 2. The van der Waals surface area contributed by atoms with E-state index >= 15 is 0 Å². The van der Waals surface area contributed by atoms with Gasteiger partial charge in [-0.15, -0.1) is 0 Å². The zero-order valence-corrected chi connectivity index (χ0v) is 12.5. The van der Waals surface area contributed by atoms with Gasteiger partial charge in [0.25, 0.3) is 0 Å². The standard InChI is InChI=1S/C15H18N2O5/c1-20-14(18)8-22-10-3-4-13-11(6-10)9(7-17-13)5-12(16)15(19)21-2/h3-4,6-7,12,17H,5,8,16H2,1-2H3/p+1/t12-/m0/s1. The molecule has 0 unspecified atom stereocenters. The fraction of sp³-hybridized carbons (Fsp3) is 0.333. The second-order valence-corrected chi connectivity index (χ2v) is 4.81. The van der Waals surface area contributed by atoms with Crippen LogP contribution < -0.4 is 10.5 Å². The van der Waals surface area contributed by atoms with Crippen LogP contribution in [0.4, 0.5) is 0 Å². The summed E-state index contributed by atoms with van der Waals surface area (Å²) in [5, 5.41) is 0.917. The van der Waals surface area contributed by atoms with Crippen LogP contribution in [0.25, 0.3) is 10.9 Å². The van der Waals surface area contributed by atoms with Gasteiger partial charge in [-0.05, 0) is 23.8 Å². The lowest BCUT2D eigenvalue weighted by molar-refractivity contribution is -0.407. The molecule has 0 aliphatic heterocycles. The fourth-order valence-electron chi connectivity index (χ4n) is 2.13. The zero-order valence-electron chi connectivity index (χ0n) is 12.5. The Morgan fingerprint density at radius 3 is 2.73 bits per heavy atom. The van der Waals surface area contributed by atoms with Crippen LogP contribution >= 0.6 is 0 Å². The predicted molar refractivity (Wildman–Crippen MR) is 78.2 cm³/mol. The Labute approximate surface area is 127 Å². The molecular formula is C15H19N2O5+. The van der Waals surface area contributed by atoms with Gasteiger partial charge < -0.3 is 24.9 Å². The molecule has 1 aromatic heterocycles. The van der Waals surface area contributed by atoms with Crippen LogP contribution in [-0.4, -0.2) is 43.8 Å².